The number of morpholine rings is 1. The van der Waals surface area contributed by atoms with Crippen LogP contribution in [0.25, 0.3) is 11.0 Å². The summed E-state index contributed by atoms with van der Waals surface area (Å²) in [7, 11) is 0. The second kappa shape index (κ2) is 5.24. The van der Waals surface area contributed by atoms with Gasteiger partial charge in [-0.2, -0.15) is 0 Å². The molecule has 1 N–H and O–H groups in total. The third kappa shape index (κ3) is 2.31. The van der Waals surface area contributed by atoms with Gasteiger partial charge in [-0.3, -0.25) is 4.79 Å². The van der Waals surface area contributed by atoms with Crippen molar-refractivity contribution in [3.63, 3.8) is 0 Å². The van der Waals surface area contributed by atoms with Crippen molar-refractivity contribution in [1.29, 1.82) is 0 Å². The van der Waals surface area contributed by atoms with Gasteiger partial charge in [0.15, 0.2) is 11.0 Å². The highest BCUT2D eigenvalue weighted by Crippen LogP contribution is 2.39. The number of hydrogen-bond acceptors (Lipinski definition) is 6. The topological polar surface area (TPSA) is 80.5 Å². The van der Waals surface area contributed by atoms with Gasteiger partial charge in [-0.05, 0) is 34.8 Å². The summed E-state index contributed by atoms with van der Waals surface area (Å²) in [5, 5.41) is 10.9. The number of benzene rings is 1. The Morgan fingerprint density at radius 2 is 2.00 bits per heavy atom. The molecule has 1 saturated carbocycles. The Hall–Kier alpha value is -2.15. The van der Waals surface area contributed by atoms with Gasteiger partial charge in [0.2, 0.25) is 5.91 Å². The van der Waals surface area contributed by atoms with Crippen LogP contribution in [-0.4, -0.2) is 42.5 Å². The average Bonchev–Trinajstić information content (AvgIpc) is 3.08. The van der Waals surface area contributed by atoms with Crippen LogP contribution in [-0.2, 0) is 9.53 Å². The summed E-state index contributed by atoms with van der Waals surface area (Å²) in [6, 6.07) is 3.84. The first-order valence-electron chi connectivity index (χ1n) is 7.63. The van der Waals surface area contributed by atoms with Crippen molar-refractivity contribution in [2.24, 2.45) is 11.8 Å². The predicted octanol–water partition coefficient (Wildman–Crippen LogP) is 1.65. The maximum absolute atomic E-state index is 12.1. The lowest BCUT2D eigenvalue weighted by atomic mass is 10.2. The summed E-state index contributed by atoms with van der Waals surface area (Å²) in [6.07, 6.45) is 0.956. The van der Waals surface area contributed by atoms with Crippen molar-refractivity contribution in [1.82, 2.24) is 10.3 Å². The number of carbonyl (C=O) groups is 1. The van der Waals surface area contributed by atoms with E-state index in [9.17, 15) is 4.79 Å². The number of nitrogens with one attached hydrogen (secondary N) is 1. The Kier molecular flexibility index (Phi) is 3.22. The highest BCUT2D eigenvalue weighted by molar-refractivity contribution is 6.04. The van der Waals surface area contributed by atoms with Crippen molar-refractivity contribution in [2.75, 3.05) is 36.5 Å². The molecule has 1 aliphatic carbocycles. The fourth-order valence-corrected chi connectivity index (χ4v) is 2.93. The molecule has 7 heteroatoms. The predicted molar refractivity (Wildman–Crippen MR) is 80.7 cm³/mol. The number of anilines is 2. The van der Waals surface area contributed by atoms with Gasteiger partial charge in [0.05, 0.1) is 24.6 Å². The molecule has 22 heavy (non-hydrogen) atoms. The number of hydrogen-bond donors (Lipinski definition) is 1. The normalized spacial score (nSPS) is 24.5. The van der Waals surface area contributed by atoms with Gasteiger partial charge >= 0.3 is 0 Å². The number of ether oxygens (including phenoxy) is 1. The van der Waals surface area contributed by atoms with E-state index in [0.29, 0.717) is 35.9 Å². The number of rotatable bonds is 3. The summed E-state index contributed by atoms with van der Waals surface area (Å²) in [4.78, 5) is 14.3. The van der Waals surface area contributed by atoms with Crippen LogP contribution in [0.15, 0.2) is 16.8 Å². The van der Waals surface area contributed by atoms with Crippen LogP contribution in [0.2, 0.25) is 0 Å². The zero-order chi connectivity index (χ0) is 15.1. The highest BCUT2D eigenvalue weighted by atomic mass is 16.6. The van der Waals surface area contributed by atoms with Crippen LogP contribution in [0.1, 0.15) is 13.3 Å². The minimum absolute atomic E-state index is 0.0518. The average molecular weight is 302 g/mol. The monoisotopic (exact) mass is 302 g/mol. The van der Waals surface area contributed by atoms with Gasteiger partial charge < -0.3 is 15.0 Å². The Labute approximate surface area is 127 Å². The maximum atomic E-state index is 12.1. The Balaban J connectivity index is 1.64. The Morgan fingerprint density at radius 1 is 1.27 bits per heavy atom. The van der Waals surface area contributed by atoms with Crippen LogP contribution < -0.4 is 10.2 Å². The van der Waals surface area contributed by atoms with Gasteiger partial charge in [-0.15, -0.1) is 0 Å². The molecule has 1 aromatic heterocycles. The minimum atomic E-state index is 0.0518. The summed E-state index contributed by atoms with van der Waals surface area (Å²) < 4.78 is 10.3. The third-order valence-corrected chi connectivity index (χ3v) is 4.45. The number of amides is 1. The zero-order valence-electron chi connectivity index (χ0n) is 12.4. The minimum Gasteiger partial charge on any atom is -0.378 e. The molecule has 0 bridgehead atoms. The molecule has 1 amide bonds. The smallest absolute Gasteiger partial charge is 0.227 e. The molecule has 0 radical (unpaired) electrons. The van der Waals surface area contributed by atoms with Gasteiger partial charge in [0.25, 0.3) is 0 Å². The van der Waals surface area contributed by atoms with E-state index in [1.165, 1.54) is 0 Å². The first kappa shape index (κ1) is 13.5. The van der Waals surface area contributed by atoms with Crippen LogP contribution in [0.4, 0.5) is 11.4 Å². The van der Waals surface area contributed by atoms with E-state index in [0.717, 1.165) is 25.2 Å². The van der Waals surface area contributed by atoms with Gasteiger partial charge in [-0.25, -0.2) is 4.63 Å². The van der Waals surface area contributed by atoms with E-state index in [-0.39, 0.29) is 11.8 Å². The van der Waals surface area contributed by atoms with E-state index in [1.54, 1.807) is 0 Å². The molecular formula is C15H18N4O3. The molecule has 2 atom stereocenters. The Morgan fingerprint density at radius 3 is 2.73 bits per heavy atom. The van der Waals surface area contributed by atoms with Crippen LogP contribution in [0.5, 0.6) is 0 Å². The van der Waals surface area contributed by atoms with E-state index in [4.69, 9.17) is 9.37 Å². The summed E-state index contributed by atoms with van der Waals surface area (Å²) in [5.74, 6) is 0.642. The Bertz CT molecular complexity index is 708. The number of aromatic nitrogens is 2. The molecule has 2 fully saturated rings. The fraction of sp³-hybridized carbons (Fsp3) is 0.533. The van der Waals surface area contributed by atoms with E-state index < -0.39 is 0 Å². The lowest BCUT2D eigenvalue weighted by Gasteiger charge is -2.28. The molecule has 1 aromatic carbocycles. The van der Waals surface area contributed by atoms with Gasteiger partial charge in [-0.1, -0.05) is 6.92 Å². The second-order valence-corrected chi connectivity index (χ2v) is 6.00. The summed E-state index contributed by atoms with van der Waals surface area (Å²) >= 11 is 0. The first-order chi connectivity index (χ1) is 10.7. The van der Waals surface area contributed by atoms with Crippen LogP contribution >= 0.6 is 0 Å². The van der Waals surface area contributed by atoms with Crippen LogP contribution in [0, 0.1) is 11.8 Å². The molecule has 1 saturated heterocycles. The maximum Gasteiger partial charge on any atom is 0.227 e. The lowest BCUT2D eigenvalue weighted by molar-refractivity contribution is -0.117. The number of nitrogens with zero attached hydrogens (tertiary/aromatic N) is 3. The van der Waals surface area contributed by atoms with E-state index in [1.807, 2.05) is 12.1 Å². The molecule has 2 aliphatic rings. The third-order valence-electron chi connectivity index (χ3n) is 4.45. The quantitative estimate of drug-likeness (QED) is 0.928. The van der Waals surface area contributed by atoms with E-state index in [2.05, 4.69) is 27.5 Å². The van der Waals surface area contributed by atoms with Gasteiger partial charge in [0, 0.05) is 19.0 Å². The van der Waals surface area contributed by atoms with Crippen molar-refractivity contribution in [2.45, 2.75) is 13.3 Å². The number of fused-ring (bicyclic) bond motifs is 1. The van der Waals surface area contributed by atoms with Gasteiger partial charge in [0.1, 0.15) is 0 Å². The summed E-state index contributed by atoms with van der Waals surface area (Å²) in [5.41, 5.74) is 2.92. The summed E-state index contributed by atoms with van der Waals surface area (Å²) in [6.45, 7) is 5.11. The first-order valence-corrected chi connectivity index (χ1v) is 7.63. The standard InChI is InChI=1S/C15H18N4O3/c1-9-8-10(9)15(20)16-11-2-3-12(14-13(11)17-22-18-14)19-4-6-21-7-5-19/h2-3,9-10H,4-8H2,1H3,(H,16,20)/t9-,10-/m1/s1. The molecule has 4 rings (SSSR count). The molecule has 1 aliphatic heterocycles. The largest absolute Gasteiger partial charge is 0.378 e. The molecule has 2 aromatic rings. The zero-order valence-corrected chi connectivity index (χ0v) is 12.4. The fourth-order valence-electron chi connectivity index (χ4n) is 2.93. The second-order valence-electron chi connectivity index (χ2n) is 6.00. The molecular weight excluding hydrogens is 284 g/mol. The van der Waals surface area contributed by atoms with E-state index >= 15 is 0 Å². The molecule has 116 valence electrons. The van der Waals surface area contributed by atoms with Crippen molar-refractivity contribution in [3.05, 3.63) is 12.1 Å². The highest BCUT2D eigenvalue weighted by Gasteiger charge is 2.39. The SMILES string of the molecule is C[C@@H]1C[C@H]1C(=O)Nc1ccc(N2CCOCC2)c2nonc12. The lowest BCUT2D eigenvalue weighted by Crippen LogP contribution is -2.36. The van der Waals surface area contributed by atoms with Crippen molar-refractivity contribution >= 4 is 28.3 Å². The van der Waals surface area contributed by atoms with Crippen molar-refractivity contribution in [3.8, 4) is 0 Å². The molecule has 7 nitrogen and oxygen atoms in total. The molecule has 2 heterocycles. The van der Waals surface area contributed by atoms with Crippen LogP contribution in [0.3, 0.4) is 0 Å². The van der Waals surface area contributed by atoms with Crippen molar-refractivity contribution < 1.29 is 14.2 Å². The molecule has 0 spiro atoms. The molecule has 0 unspecified atom stereocenters. The number of carbonyl (C=O) groups excluding carboxylic acids is 1.